The van der Waals surface area contributed by atoms with Gasteiger partial charge in [-0.2, -0.15) is 4.98 Å². The minimum Gasteiger partial charge on any atom is -0.497 e. The van der Waals surface area contributed by atoms with Crippen LogP contribution in [0.1, 0.15) is 35.5 Å². The number of rotatable bonds is 6. The number of nitrogens with zero attached hydrogens (tertiary/aromatic N) is 3. The summed E-state index contributed by atoms with van der Waals surface area (Å²) in [5.74, 6) is 0.892. The second-order valence-electron chi connectivity index (χ2n) is 8.60. The van der Waals surface area contributed by atoms with Crippen molar-refractivity contribution in [2.45, 2.75) is 26.4 Å². The molecule has 3 aromatic carbocycles. The summed E-state index contributed by atoms with van der Waals surface area (Å²) in [7, 11) is 1.59. The first-order chi connectivity index (χ1) is 17.4. The molecular weight excluding hydrogens is 459 g/mol. The second kappa shape index (κ2) is 9.65. The number of carbonyl (C=O) groups is 1. The van der Waals surface area contributed by atoms with Gasteiger partial charge in [-0.15, -0.1) is 0 Å². The fraction of sp³-hybridized carbons (Fsp3) is 0.179. The van der Waals surface area contributed by atoms with Crippen LogP contribution in [0.5, 0.6) is 5.75 Å². The van der Waals surface area contributed by atoms with Crippen molar-refractivity contribution in [1.82, 2.24) is 20.4 Å². The Morgan fingerprint density at radius 1 is 1.06 bits per heavy atom. The van der Waals surface area contributed by atoms with Crippen molar-refractivity contribution in [2.24, 2.45) is 0 Å². The van der Waals surface area contributed by atoms with E-state index in [1.807, 2.05) is 62.4 Å². The molecule has 2 heterocycles. The number of urea groups is 1. The highest BCUT2D eigenvalue weighted by Gasteiger charge is 2.36. The maximum absolute atomic E-state index is 14.1. The van der Waals surface area contributed by atoms with Crippen LogP contribution in [-0.4, -0.2) is 28.2 Å². The highest BCUT2D eigenvalue weighted by Crippen LogP contribution is 2.38. The van der Waals surface area contributed by atoms with Crippen LogP contribution < -0.4 is 10.1 Å². The maximum atomic E-state index is 14.1. The van der Waals surface area contributed by atoms with Crippen LogP contribution >= 0.6 is 0 Å². The number of benzene rings is 3. The molecule has 4 aromatic rings. The summed E-state index contributed by atoms with van der Waals surface area (Å²) in [5, 5.41) is 7.19. The Kier molecular flexibility index (Phi) is 6.25. The topological polar surface area (TPSA) is 80.5 Å². The van der Waals surface area contributed by atoms with Gasteiger partial charge in [0, 0.05) is 11.3 Å². The quantitative estimate of drug-likeness (QED) is 0.369. The largest absolute Gasteiger partial charge is 0.497 e. The summed E-state index contributed by atoms with van der Waals surface area (Å²) in [4.78, 5) is 19.6. The lowest BCUT2D eigenvalue weighted by atomic mass is 9.94. The van der Waals surface area contributed by atoms with Gasteiger partial charge in [0.2, 0.25) is 5.82 Å². The molecule has 0 radical (unpaired) electrons. The molecule has 0 fully saturated rings. The molecule has 0 spiro atoms. The van der Waals surface area contributed by atoms with Gasteiger partial charge >= 0.3 is 6.03 Å². The van der Waals surface area contributed by atoms with E-state index >= 15 is 0 Å². The number of allylic oxidation sites excluding steroid dienone is 1. The SMILES string of the molecule is COc1cccc(-c2noc(C3=C(C)N(Cc4ccccc4C)C(=O)NC3c3cccc(F)c3)n2)c1. The van der Waals surface area contributed by atoms with E-state index in [1.165, 1.54) is 12.1 Å². The van der Waals surface area contributed by atoms with Gasteiger partial charge < -0.3 is 14.6 Å². The Morgan fingerprint density at radius 3 is 2.64 bits per heavy atom. The minimum absolute atomic E-state index is 0.245. The van der Waals surface area contributed by atoms with Gasteiger partial charge in [0.25, 0.3) is 5.89 Å². The van der Waals surface area contributed by atoms with Crippen LogP contribution in [0.15, 0.2) is 83.0 Å². The van der Waals surface area contributed by atoms with Crippen LogP contribution in [0.25, 0.3) is 17.0 Å². The Labute approximate surface area is 208 Å². The van der Waals surface area contributed by atoms with E-state index in [0.29, 0.717) is 35.0 Å². The Morgan fingerprint density at radius 2 is 1.86 bits per heavy atom. The van der Waals surface area contributed by atoms with Gasteiger partial charge in [0.15, 0.2) is 0 Å². The second-order valence-corrected chi connectivity index (χ2v) is 8.60. The molecule has 7 nitrogen and oxygen atoms in total. The minimum atomic E-state index is -0.667. The molecule has 182 valence electrons. The number of hydrogen-bond donors (Lipinski definition) is 1. The maximum Gasteiger partial charge on any atom is 0.322 e. The van der Waals surface area contributed by atoms with Crippen LogP contribution in [0.3, 0.4) is 0 Å². The summed E-state index contributed by atoms with van der Waals surface area (Å²) in [5.41, 5.74) is 4.64. The standard InChI is InChI=1S/C28H25FN4O3/c1-17-8-4-5-9-21(17)16-33-18(2)24(25(30-28(33)34)19-10-6-12-22(29)14-19)27-31-26(32-36-27)20-11-7-13-23(15-20)35-3/h4-15,25H,16H2,1-3H3,(H,30,34). The molecule has 0 saturated carbocycles. The van der Waals surface area contributed by atoms with Gasteiger partial charge in [-0.3, -0.25) is 4.90 Å². The highest BCUT2D eigenvalue weighted by atomic mass is 19.1. The summed E-state index contributed by atoms with van der Waals surface area (Å²) in [6, 6.07) is 20.4. The molecule has 8 heteroatoms. The normalized spacial score (nSPS) is 15.7. The van der Waals surface area contributed by atoms with Crippen molar-refractivity contribution in [1.29, 1.82) is 0 Å². The lowest BCUT2D eigenvalue weighted by Crippen LogP contribution is -2.45. The first kappa shape index (κ1) is 23.3. The zero-order chi connectivity index (χ0) is 25.2. The van der Waals surface area contributed by atoms with E-state index in [1.54, 1.807) is 24.1 Å². The molecule has 1 unspecified atom stereocenters. The van der Waals surface area contributed by atoms with Crippen LogP contribution in [0.4, 0.5) is 9.18 Å². The van der Waals surface area contributed by atoms with Gasteiger partial charge in [0.05, 0.1) is 25.3 Å². The number of halogens is 1. The molecule has 1 aromatic heterocycles. The molecule has 0 saturated heterocycles. The molecule has 0 bridgehead atoms. The van der Waals surface area contributed by atoms with E-state index in [-0.39, 0.29) is 11.9 Å². The zero-order valence-electron chi connectivity index (χ0n) is 20.2. The number of nitrogens with one attached hydrogen (secondary N) is 1. The fourth-order valence-electron chi connectivity index (χ4n) is 4.36. The third-order valence-corrected chi connectivity index (χ3v) is 6.35. The molecule has 2 amide bonds. The predicted octanol–water partition coefficient (Wildman–Crippen LogP) is 5.89. The number of aryl methyl sites for hydroxylation is 1. The first-order valence-corrected chi connectivity index (χ1v) is 11.5. The average molecular weight is 485 g/mol. The van der Waals surface area contributed by atoms with Gasteiger partial charge in [-0.05, 0) is 54.8 Å². The Hall–Kier alpha value is -4.46. The number of ether oxygens (including phenoxy) is 1. The third kappa shape index (κ3) is 4.45. The van der Waals surface area contributed by atoms with E-state index < -0.39 is 11.9 Å². The fourth-order valence-corrected chi connectivity index (χ4v) is 4.36. The predicted molar refractivity (Wildman–Crippen MR) is 133 cm³/mol. The molecule has 5 rings (SSSR count). The van der Waals surface area contributed by atoms with Crippen molar-refractivity contribution >= 4 is 11.6 Å². The van der Waals surface area contributed by atoms with Crippen molar-refractivity contribution in [3.63, 3.8) is 0 Å². The number of aromatic nitrogens is 2. The first-order valence-electron chi connectivity index (χ1n) is 11.5. The van der Waals surface area contributed by atoms with Gasteiger partial charge in [-0.25, -0.2) is 9.18 Å². The summed E-state index contributed by atoms with van der Waals surface area (Å²) < 4.78 is 25.2. The highest BCUT2D eigenvalue weighted by molar-refractivity contribution is 5.87. The molecule has 1 atom stereocenters. The van der Waals surface area contributed by atoms with Crippen molar-refractivity contribution in [2.75, 3.05) is 7.11 Å². The van der Waals surface area contributed by atoms with Crippen LogP contribution in [-0.2, 0) is 6.54 Å². The summed E-state index contributed by atoms with van der Waals surface area (Å²) >= 11 is 0. The van der Waals surface area contributed by atoms with E-state index in [9.17, 15) is 9.18 Å². The molecule has 1 aliphatic heterocycles. The van der Waals surface area contributed by atoms with Gasteiger partial charge in [0.1, 0.15) is 11.6 Å². The summed E-state index contributed by atoms with van der Waals surface area (Å²) in [6.07, 6.45) is 0. The number of hydrogen-bond acceptors (Lipinski definition) is 5. The Balaban J connectivity index is 1.61. The average Bonchev–Trinajstić information content (AvgIpc) is 3.37. The Bertz CT molecular complexity index is 1460. The summed E-state index contributed by atoms with van der Waals surface area (Å²) in [6.45, 7) is 4.21. The zero-order valence-corrected chi connectivity index (χ0v) is 20.2. The number of methoxy groups -OCH3 is 1. The molecule has 36 heavy (non-hydrogen) atoms. The molecule has 1 aliphatic rings. The number of carbonyl (C=O) groups excluding carboxylic acids is 1. The van der Waals surface area contributed by atoms with Crippen molar-refractivity contribution < 1.29 is 18.4 Å². The number of amides is 2. The van der Waals surface area contributed by atoms with E-state index in [4.69, 9.17) is 9.26 Å². The van der Waals surface area contributed by atoms with E-state index in [0.717, 1.165) is 16.7 Å². The van der Waals surface area contributed by atoms with Gasteiger partial charge in [-0.1, -0.05) is 53.7 Å². The third-order valence-electron chi connectivity index (χ3n) is 6.35. The monoisotopic (exact) mass is 484 g/mol. The van der Waals surface area contributed by atoms with Crippen LogP contribution in [0, 0.1) is 12.7 Å². The van der Waals surface area contributed by atoms with Crippen molar-refractivity contribution in [3.05, 3.63) is 107 Å². The lowest BCUT2D eigenvalue weighted by Gasteiger charge is -2.35. The molecule has 0 aliphatic carbocycles. The van der Waals surface area contributed by atoms with Crippen molar-refractivity contribution in [3.8, 4) is 17.1 Å². The lowest BCUT2D eigenvalue weighted by molar-refractivity contribution is 0.203. The molecule has 1 N–H and O–H groups in total. The van der Waals surface area contributed by atoms with E-state index in [2.05, 4.69) is 15.5 Å². The van der Waals surface area contributed by atoms with Crippen LogP contribution in [0.2, 0.25) is 0 Å². The smallest absolute Gasteiger partial charge is 0.322 e. The molecular formula is C28H25FN4O3.